The van der Waals surface area contributed by atoms with Crippen molar-refractivity contribution in [2.24, 2.45) is 5.73 Å². The molecule has 0 unspecified atom stereocenters. The second-order valence-corrected chi connectivity index (χ2v) is 7.08. The Hall–Kier alpha value is -4.12. The lowest BCUT2D eigenvalue weighted by Crippen LogP contribution is -2.13. The fourth-order valence-corrected chi connectivity index (χ4v) is 3.55. The molecule has 0 bridgehead atoms. The number of carbonyl (C=O) groups excluding carboxylic acids is 1. The standard InChI is InChI=1S/C20H12ClF2N7O2/c21-10-2-3-16(32-20(22)23)15(6-10)30-14-7-13(26-8-12(14)17(28-30)18(24)31)11-9-27-29-5-1-4-25-19(11)29/h1-9,20H,(H2,24,31). The molecule has 0 saturated heterocycles. The van der Waals surface area contributed by atoms with Crippen LogP contribution < -0.4 is 10.5 Å². The second-order valence-electron chi connectivity index (χ2n) is 6.65. The zero-order chi connectivity index (χ0) is 22.4. The Kier molecular flexibility index (Phi) is 4.67. The molecule has 0 atom stereocenters. The molecule has 0 radical (unpaired) electrons. The molecule has 0 fully saturated rings. The Balaban J connectivity index is 1.78. The molecule has 4 aromatic heterocycles. The molecule has 12 heteroatoms. The minimum Gasteiger partial charge on any atom is -0.433 e. The topological polar surface area (TPSA) is 113 Å². The summed E-state index contributed by atoms with van der Waals surface area (Å²) in [5, 5.41) is 9.06. The maximum Gasteiger partial charge on any atom is 0.387 e. The summed E-state index contributed by atoms with van der Waals surface area (Å²) >= 11 is 6.09. The van der Waals surface area contributed by atoms with Gasteiger partial charge in [0.25, 0.3) is 5.91 Å². The second kappa shape index (κ2) is 7.54. The Morgan fingerprint density at radius 1 is 1.19 bits per heavy atom. The molecule has 0 spiro atoms. The summed E-state index contributed by atoms with van der Waals surface area (Å²) in [6, 6.07) is 7.46. The van der Waals surface area contributed by atoms with Crippen molar-refractivity contribution in [3.05, 3.63) is 65.8 Å². The maximum atomic E-state index is 13.0. The first-order chi connectivity index (χ1) is 15.4. The summed E-state index contributed by atoms with van der Waals surface area (Å²) in [6.07, 6.45) is 6.38. The zero-order valence-corrected chi connectivity index (χ0v) is 16.7. The van der Waals surface area contributed by atoms with E-state index < -0.39 is 12.5 Å². The van der Waals surface area contributed by atoms with Crippen molar-refractivity contribution in [1.29, 1.82) is 0 Å². The smallest absolute Gasteiger partial charge is 0.387 e. The van der Waals surface area contributed by atoms with Gasteiger partial charge in [0.05, 0.1) is 28.4 Å². The van der Waals surface area contributed by atoms with Crippen molar-refractivity contribution in [3.8, 4) is 22.7 Å². The summed E-state index contributed by atoms with van der Waals surface area (Å²) in [5.74, 6) is -0.986. The largest absolute Gasteiger partial charge is 0.433 e. The van der Waals surface area contributed by atoms with Gasteiger partial charge in [-0.1, -0.05) is 11.6 Å². The van der Waals surface area contributed by atoms with Crippen LogP contribution in [0.5, 0.6) is 5.75 Å². The van der Waals surface area contributed by atoms with Crippen LogP contribution in [0.15, 0.2) is 55.1 Å². The highest BCUT2D eigenvalue weighted by Gasteiger charge is 2.21. The SMILES string of the molecule is NC(=O)c1nn(-c2cc(Cl)ccc2OC(F)F)c2cc(-c3cnn4cccnc34)ncc12. The van der Waals surface area contributed by atoms with E-state index in [1.165, 1.54) is 29.1 Å². The van der Waals surface area contributed by atoms with E-state index >= 15 is 0 Å². The van der Waals surface area contributed by atoms with Crippen LogP contribution in [0.3, 0.4) is 0 Å². The van der Waals surface area contributed by atoms with Gasteiger partial charge in [-0.15, -0.1) is 0 Å². The molecular weight excluding hydrogens is 444 g/mol. The van der Waals surface area contributed by atoms with Crippen molar-refractivity contribution in [2.75, 3.05) is 0 Å². The van der Waals surface area contributed by atoms with E-state index in [1.807, 2.05) is 0 Å². The average molecular weight is 456 g/mol. The predicted octanol–water partition coefficient (Wildman–Crippen LogP) is 3.48. The van der Waals surface area contributed by atoms with E-state index in [2.05, 4.69) is 24.9 Å². The number of amides is 1. The van der Waals surface area contributed by atoms with Crippen LogP contribution >= 0.6 is 11.6 Å². The van der Waals surface area contributed by atoms with Crippen LogP contribution in [0.1, 0.15) is 10.5 Å². The van der Waals surface area contributed by atoms with Gasteiger partial charge in [0.2, 0.25) is 0 Å². The number of alkyl halides is 2. The third-order valence-electron chi connectivity index (χ3n) is 4.72. The molecule has 0 saturated carbocycles. The highest BCUT2D eigenvalue weighted by Crippen LogP contribution is 2.33. The van der Waals surface area contributed by atoms with Crippen LogP contribution in [0.25, 0.3) is 33.5 Å². The van der Waals surface area contributed by atoms with Gasteiger partial charge in [-0.3, -0.25) is 9.78 Å². The van der Waals surface area contributed by atoms with Gasteiger partial charge in [0.1, 0.15) is 5.69 Å². The molecule has 2 N–H and O–H groups in total. The van der Waals surface area contributed by atoms with Gasteiger partial charge in [0, 0.05) is 23.6 Å². The minimum absolute atomic E-state index is 0.0833. The lowest BCUT2D eigenvalue weighted by molar-refractivity contribution is -0.0498. The average Bonchev–Trinajstić information content (AvgIpc) is 3.36. The van der Waals surface area contributed by atoms with E-state index in [-0.39, 0.29) is 22.2 Å². The van der Waals surface area contributed by atoms with Gasteiger partial charge in [-0.25, -0.2) is 14.2 Å². The van der Waals surface area contributed by atoms with Gasteiger partial charge >= 0.3 is 6.61 Å². The summed E-state index contributed by atoms with van der Waals surface area (Å²) in [7, 11) is 0. The Bertz CT molecular complexity index is 1500. The minimum atomic E-state index is -3.07. The van der Waals surface area contributed by atoms with E-state index in [0.717, 1.165) is 0 Å². The number of pyridine rings is 1. The quantitative estimate of drug-likeness (QED) is 0.434. The van der Waals surface area contributed by atoms with Crippen LogP contribution in [0, 0.1) is 0 Å². The number of nitrogens with two attached hydrogens (primary N) is 1. The number of aromatic nitrogens is 6. The van der Waals surface area contributed by atoms with Crippen molar-refractivity contribution in [3.63, 3.8) is 0 Å². The van der Waals surface area contributed by atoms with Crippen LogP contribution in [-0.4, -0.2) is 41.9 Å². The molecule has 9 nitrogen and oxygen atoms in total. The number of primary amides is 1. The maximum absolute atomic E-state index is 13.0. The van der Waals surface area contributed by atoms with E-state index in [4.69, 9.17) is 17.3 Å². The zero-order valence-electron chi connectivity index (χ0n) is 16.0. The first kappa shape index (κ1) is 19.8. The lowest BCUT2D eigenvalue weighted by Gasteiger charge is -2.12. The number of rotatable bonds is 5. The molecule has 32 heavy (non-hydrogen) atoms. The number of nitrogens with zero attached hydrogens (tertiary/aromatic N) is 6. The number of hydrogen-bond acceptors (Lipinski definition) is 6. The third-order valence-corrected chi connectivity index (χ3v) is 4.95. The predicted molar refractivity (Wildman–Crippen MR) is 111 cm³/mol. The monoisotopic (exact) mass is 455 g/mol. The molecule has 0 aliphatic rings. The summed E-state index contributed by atoms with van der Waals surface area (Å²) < 4.78 is 33.4. The van der Waals surface area contributed by atoms with E-state index in [9.17, 15) is 13.6 Å². The summed E-state index contributed by atoms with van der Waals surface area (Å²) in [5.41, 5.74) is 7.53. The molecule has 1 aromatic carbocycles. The highest BCUT2D eigenvalue weighted by atomic mass is 35.5. The number of ether oxygens (including phenoxy) is 1. The van der Waals surface area contributed by atoms with Crippen molar-refractivity contribution >= 4 is 34.1 Å². The Labute approximate surface area is 183 Å². The van der Waals surface area contributed by atoms with Crippen LogP contribution in [0.4, 0.5) is 8.78 Å². The van der Waals surface area contributed by atoms with E-state index in [0.29, 0.717) is 27.8 Å². The van der Waals surface area contributed by atoms with E-state index in [1.54, 1.807) is 35.2 Å². The highest BCUT2D eigenvalue weighted by molar-refractivity contribution is 6.30. The first-order valence-corrected chi connectivity index (χ1v) is 9.52. The van der Waals surface area contributed by atoms with Crippen LogP contribution in [-0.2, 0) is 0 Å². The van der Waals surface area contributed by atoms with Crippen molar-refractivity contribution in [1.82, 2.24) is 29.4 Å². The number of hydrogen-bond donors (Lipinski definition) is 1. The summed E-state index contributed by atoms with van der Waals surface area (Å²) in [4.78, 5) is 20.7. The number of carbonyl (C=O) groups is 1. The van der Waals surface area contributed by atoms with Crippen LogP contribution in [0.2, 0.25) is 5.02 Å². The molecule has 4 heterocycles. The number of benzene rings is 1. The molecule has 5 rings (SSSR count). The van der Waals surface area contributed by atoms with Gasteiger partial charge < -0.3 is 10.5 Å². The number of fused-ring (bicyclic) bond motifs is 2. The normalized spacial score (nSPS) is 11.5. The lowest BCUT2D eigenvalue weighted by atomic mass is 10.1. The third kappa shape index (κ3) is 3.28. The Morgan fingerprint density at radius 2 is 2.03 bits per heavy atom. The van der Waals surface area contributed by atoms with Gasteiger partial charge in [-0.2, -0.15) is 19.0 Å². The molecule has 5 aromatic rings. The molecule has 0 aliphatic carbocycles. The molecule has 160 valence electrons. The Morgan fingerprint density at radius 3 is 2.81 bits per heavy atom. The molecule has 1 amide bonds. The van der Waals surface area contributed by atoms with Crippen molar-refractivity contribution in [2.45, 2.75) is 6.61 Å². The van der Waals surface area contributed by atoms with Crippen molar-refractivity contribution < 1.29 is 18.3 Å². The first-order valence-electron chi connectivity index (χ1n) is 9.14. The fourth-order valence-electron chi connectivity index (χ4n) is 3.38. The van der Waals surface area contributed by atoms with Gasteiger partial charge in [-0.05, 0) is 30.3 Å². The molecule has 0 aliphatic heterocycles. The van der Waals surface area contributed by atoms with Gasteiger partial charge in [0.15, 0.2) is 17.1 Å². The summed E-state index contributed by atoms with van der Waals surface area (Å²) in [6.45, 7) is -3.07. The number of halogens is 3. The molecular formula is C20H12ClF2N7O2. The fraction of sp³-hybridized carbons (Fsp3) is 0.0500.